The Hall–Kier alpha value is -3.28. The van der Waals surface area contributed by atoms with Gasteiger partial charge in [0.1, 0.15) is 5.69 Å². The highest BCUT2D eigenvalue weighted by molar-refractivity contribution is 6.03. The maximum atomic E-state index is 12.6. The molecule has 3 aromatic rings. The first kappa shape index (κ1) is 17.5. The van der Waals surface area contributed by atoms with Gasteiger partial charge in [0.25, 0.3) is 5.91 Å². The lowest BCUT2D eigenvalue weighted by atomic mass is 10.0. The Kier molecular flexibility index (Phi) is 5.53. The molecule has 0 fully saturated rings. The van der Waals surface area contributed by atoms with Gasteiger partial charge in [-0.05, 0) is 35.7 Å². The van der Waals surface area contributed by atoms with Crippen molar-refractivity contribution in [3.8, 4) is 0 Å². The second-order valence-electron chi connectivity index (χ2n) is 6.14. The summed E-state index contributed by atoms with van der Waals surface area (Å²) in [5, 5.41) is 6.02. The van der Waals surface area contributed by atoms with Gasteiger partial charge in [0.05, 0.1) is 12.2 Å². The molecule has 0 aliphatic rings. The van der Waals surface area contributed by atoms with Crippen molar-refractivity contribution < 1.29 is 4.79 Å². The zero-order valence-corrected chi connectivity index (χ0v) is 14.8. The summed E-state index contributed by atoms with van der Waals surface area (Å²) >= 11 is 0. The van der Waals surface area contributed by atoms with Crippen LogP contribution in [0.2, 0.25) is 0 Å². The van der Waals surface area contributed by atoms with Gasteiger partial charge in [-0.1, -0.05) is 38.1 Å². The number of carbonyl (C=O) groups is 1. The number of carbonyl (C=O) groups excluding carboxylic acids is 1. The molecule has 0 unspecified atom stereocenters. The van der Waals surface area contributed by atoms with Gasteiger partial charge in [0.2, 0.25) is 5.95 Å². The Morgan fingerprint density at radius 1 is 1.00 bits per heavy atom. The molecule has 0 atom stereocenters. The maximum absolute atomic E-state index is 12.6. The smallest absolute Gasteiger partial charge is 0.274 e. The molecule has 2 heterocycles. The predicted molar refractivity (Wildman–Crippen MR) is 102 cm³/mol. The standard InChI is InChI=1S/C20H21N5O/c1-14(2)16-8-3-4-9-17(16)24-19(26)18-10-12-22-20(25-18)23-13-15-7-5-6-11-21-15/h3-12,14H,13H2,1-2H3,(H,24,26)(H,22,23,25). The number of para-hydroxylation sites is 1. The summed E-state index contributed by atoms with van der Waals surface area (Å²) in [7, 11) is 0. The van der Waals surface area contributed by atoms with Crippen molar-refractivity contribution in [1.29, 1.82) is 0 Å². The summed E-state index contributed by atoms with van der Waals surface area (Å²) in [6, 6.07) is 15.1. The minimum Gasteiger partial charge on any atom is -0.349 e. The van der Waals surface area contributed by atoms with Gasteiger partial charge < -0.3 is 10.6 Å². The molecule has 0 aliphatic heterocycles. The van der Waals surface area contributed by atoms with Crippen molar-refractivity contribution in [2.24, 2.45) is 0 Å². The molecule has 2 aromatic heterocycles. The Bertz CT molecular complexity index is 880. The molecule has 1 aromatic carbocycles. The molecule has 26 heavy (non-hydrogen) atoms. The van der Waals surface area contributed by atoms with Crippen LogP contribution in [0.3, 0.4) is 0 Å². The fourth-order valence-electron chi connectivity index (χ4n) is 2.54. The summed E-state index contributed by atoms with van der Waals surface area (Å²) in [4.78, 5) is 25.3. The van der Waals surface area contributed by atoms with E-state index in [0.29, 0.717) is 24.1 Å². The average Bonchev–Trinajstić information content (AvgIpc) is 2.67. The fourth-order valence-corrected chi connectivity index (χ4v) is 2.54. The number of amides is 1. The third kappa shape index (κ3) is 4.42. The topological polar surface area (TPSA) is 79.8 Å². The number of hydrogen-bond acceptors (Lipinski definition) is 5. The quantitative estimate of drug-likeness (QED) is 0.708. The average molecular weight is 347 g/mol. The number of benzene rings is 1. The van der Waals surface area contributed by atoms with E-state index in [-0.39, 0.29) is 5.91 Å². The molecule has 0 spiro atoms. The van der Waals surface area contributed by atoms with Crippen LogP contribution < -0.4 is 10.6 Å². The van der Waals surface area contributed by atoms with E-state index >= 15 is 0 Å². The third-order valence-electron chi connectivity index (χ3n) is 3.87. The second-order valence-corrected chi connectivity index (χ2v) is 6.14. The van der Waals surface area contributed by atoms with E-state index < -0.39 is 0 Å². The van der Waals surface area contributed by atoms with E-state index in [1.807, 2.05) is 42.5 Å². The van der Waals surface area contributed by atoms with E-state index in [0.717, 1.165) is 16.9 Å². The number of pyridine rings is 1. The highest BCUT2D eigenvalue weighted by Gasteiger charge is 2.12. The van der Waals surface area contributed by atoms with Crippen molar-refractivity contribution in [1.82, 2.24) is 15.0 Å². The van der Waals surface area contributed by atoms with Crippen LogP contribution in [0.5, 0.6) is 0 Å². The number of aromatic nitrogens is 3. The van der Waals surface area contributed by atoms with Crippen LogP contribution in [0.1, 0.15) is 41.5 Å². The van der Waals surface area contributed by atoms with Crippen LogP contribution in [0, 0.1) is 0 Å². The number of anilines is 2. The normalized spacial score (nSPS) is 10.6. The summed E-state index contributed by atoms with van der Waals surface area (Å²) in [5.41, 5.74) is 3.07. The lowest BCUT2D eigenvalue weighted by Gasteiger charge is -2.13. The van der Waals surface area contributed by atoms with Crippen molar-refractivity contribution in [3.63, 3.8) is 0 Å². The summed E-state index contributed by atoms with van der Waals surface area (Å²) in [6.45, 7) is 4.67. The van der Waals surface area contributed by atoms with E-state index in [1.54, 1.807) is 18.5 Å². The fraction of sp³-hybridized carbons (Fsp3) is 0.200. The number of rotatable bonds is 6. The third-order valence-corrected chi connectivity index (χ3v) is 3.87. The van der Waals surface area contributed by atoms with E-state index in [4.69, 9.17) is 0 Å². The molecule has 2 N–H and O–H groups in total. The number of nitrogens with zero attached hydrogens (tertiary/aromatic N) is 3. The first-order valence-corrected chi connectivity index (χ1v) is 8.50. The SMILES string of the molecule is CC(C)c1ccccc1NC(=O)c1ccnc(NCc2ccccn2)n1. The highest BCUT2D eigenvalue weighted by atomic mass is 16.1. The predicted octanol–water partition coefficient (Wildman–Crippen LogP) is 3.86. The maximum Gasteiger partial charge on any atom is 0.274 e. The largest absolute Gasteiger partial charge is 0.349 e. The van der Waals surface area contributed by atoms with Gasteiger partial charge in [-0.25, -0.2) is 9.97 Å². The molecule has 6 heteroatoms. The van der Waals surface area contributed by atoms with Gasteiger partial charge >= 0.3 is 0 Å². The highest BCUT2D eigenvalue weighted by Crippen LogP contribution is 2.24. The van der Waals surface area contributed by atoms with Gasteiger partial charge in [-0.2, -0.15) is 0 Å². The summed E-state index contributed by atoms with van der Waals surface area (Å²) in [6.07, 6.45) is 3.30. The Morgan fingerprint density at radius 2 is 1.81 bits per heavy atom. The van der Waals surface area contributed by atoms with Gasteiger partial charge in [0, 0.05) is 18.1 Å². The molecule has 0 saturated heterocycles. The molecule has 0 saturated carbocycles. The van der Waals surface area contributed by atoms with Crippen molar-refractivity contribution in [2.45, 2.75) is 26.3 Å². The van der Waals surface area contributed by atoms with Crippen molar-refractivity contribution in [3.05, 3.63) is 77.9 Å². The Balaban J connectivity index is 1.70. The van der Waals surface area contributed by atoms with Gasteiger partial charge in [-0.15, -0.1) is 0 Å². The second kappa shape index (κ2) is 8.20. The Morgan fingerprint density at radius 3 is 2.58 bits per heavy atom. The van der Waals surface area contributed by atoms with Crippen LogP contribution in [0.15, 0.2) is 60.9 Å². The van der Waals surface area contributed by atoms with Crippen LogP contribution in [0.4, 0.5) is 11.6 Å². The van der Waals surface area contributed by atoms with E-state index in [9.17, 15) is 4.79 Å². The minimum absolute atomic E-state index is 0.263. The van der Waals surface area contributed by atoms with Crippen LogP contribution in [0.25, 0.3) is 0 Å². The summed E-state index contributed by atoms with van der Waals surface area (Å²) in [5.74, 6) is 0.439. The van der Waals surface area contributed by atoms with E-state index in [1.165, 1.54) is 0 Å². The molecule has 0 aliphatic carbocycles. The molecular weight excluding hydrogens is 326 g/mol. The van der Waals surface area contributed by atoms with Crippen LogP contribution in [-0.4, -0.2) is 20.9 Å². The first-order valence-electron chi connectivity index (χ1n) is 8.50. The first-order chi connectivity index (χ1) is 12.6. The monoisotopic (exact) mass is 347 g/mol. The number of hydrogen-bond donors (Lipinski definition) is 2. The lowest BCUT2D eigenvalue weighted by Crippen LogP contribution is -2.16. The minimum atomic E-state index is -0.263. The van der Waals surface area contributed by atoms with Crippen molar-refractivity contribution in [2.75, 3.05) is 10.6 Å². The van der Waals surface area contributed by atoms with Gasteiger partial charge in [0.15, 0.2) is 0 Å². The molecule has 0 bridgehead atoms. The molecular formula is C20H21N5O. The lowest BCUT2D eigenvalue weighted by molar-refractivity contribution is 0.102. The van der Waals surface area contributed by atoms with E-state index in [2.05, 4.69) is 39.4 Å². The zero-order chi connectivity index (χ0) is 18.4. The Labute approximate surface area is 152 Å². The summed E-state index contributed by atoms with van der Waals surface area (Å²) < 4.78 is 0. The number of nitrogens with one attached hydrogen (secondary N) is 2. The molecule has 6 nitrogen and oxygen atoms in total. The molecule has 3 rings (SSSR count). The zero-order valence-electron chi connectivity index (χ0n) is 14.8. The van der Waals surface area contributed by atoms with Crippen LogP contribution >= 0.6 is 0 Å². The van der Waals surface area contributed by atoms with Crippen molar-refractivity contribution >= 4 is 17.5 Å². The molecule has 132 valence electrons. The van der Waals surface area contributed by atoms with Crippen LogP contribution in [-0.2, 0) is 6.54 Å². The van der Waals surface area contributed by atoms with Gasteiger partial charge in [-0.3, -0.25) is 9.78 Å². The molecule has 0 radical (unpaired) electrons. The molecule has 1 amide bonds.